The normalized spacial score (nSPS) is 17.9. The molecule has 5 nitrogen and oxygen atoms in total. The predicted octanol–water partition coefficient (Wildman–Crippen LogP) is 5.26. The molecule has 10 heteroatoms. The van der Waals surface area contributed by atoms with E-state index in [1.165, 1.54) is 24.3 Å². The van der Waals surface area contributed by atoms with Gasteiger partial charge in [-0.2, -0.15) is 13.2 Å². The highest BCUT2D eigenvalue weighted by molar-refractivity contribution is 6.34. The number of ether oxygens (including phenoxy) is 1. The Bertz CT molecular complexity index is 1100. The second-order valence-electron chi connectivity index (χ2n) is 6.63. The summed E-state index contributed by atoms with van der Waals surface area (Å²) in [6.45, 7) is 1.66. The minimum Gasteiger partial charge on any atom is -0.480 e. The lowest BCUT2D eigenvalue weighted by atomic mass is 9.86. The van der Waals surface area contributed by atoms with Crippen LogP contribution < -0.4 is 10.5 Å². The van der Waals surface area contributed by atoms with Gasteiger partial charge >= 0.3 is 6.18 Å². The molecule has 0 saturated carbocycles. The smallest absolute Gasteiger partial charge is 0.435 e. The summed E-state index contributed by atoms with van der Waals surface area (Å²) in [6, 6.07) is 8.05. The highest BCUT2D eigenvalue weighted by Gasteiger charge is 2.62. The maximum atomic E-state index is 14.1. The van der Waals surface area contributed by atoms with Crippen LogP contribution in [0.5, 0.6) is 5.75 Å². The molecule has 1 aliphatic heterocycles. The number of halogens is 5. The number of alkyl halides is 3. The number of benzene rings is 2. The summed E-state index contributed by atoms with van der Waals surface area (Å²) in [4.78, 5) is 5.00. The van der Waals surface area contributed by atoms with Crippen molar-refractivity contribution in [1.82, 2.24) is 0 Å². The van der Waals surface area contributed by atoms with Crippen LogP contribution in [0.3, 0.4) is 0 Å². The lowest BCUT2D eigenvalue weighted by Crippen LogP contribution is -2.42. The van der Waals surface area contributed by atoms with Crippen molar-refractivity contribution in [3.05, 3.63) is 63.1 Å². The van der Waals surface area contributed by atoms with Crippen LogP contribution in [-0.4, -0.2) is 24.3 Å². The van der Waals surface area contributed by atoms with Crippen LogP contribution in [0.2, 0.25) is 10.0 Å². The molecule has 0 spiro atoms. The number of hydrogen-bond acceptors (Lipinski definition) is 4. The molecule has 0 saturated heterocycles. The molecule has 0 aromatic heterocycles. The lowest BCUT2D eigenvalue weighted by Gasteiger charge is -2.29. The summed E-state index contributed by atoms with van der Waals surface area (Å²) >= 11 is 11.8. The largest absolute Gasteiger partial charge is 0.480 e. The third-order valence-electron chi connectivity index (χ3n) is 4.60. The van der Waals surface area contributed by atoms with E-state index < -0.39 is 18.2 Å². The van der Waals surface area contributed by atoms with Gasteiger partial charge in [-0.25, -0.2) is 0 Å². The Kier molecular flexibility index (Phi) is 6.39. The van der Waals surface area contributed by atoms with Crippen LogP contribution in [-0.2, 0) is 10.4 Å². The zero-order valence-electron chi connectivity index (χ0n) is 16.1. The number of nitrogens with two attached hydrogens (primary N) is 1. The minimum atomic E-state index is -4.80. The molecular formula is C21H16Cl2F3N3O2. The molecule has 0 amide bonds. The maximum Gasteiger partial charge on any atom is 0.435 e. The van der Waals surface area contributed by atoms with Gasteiger partial charge in [0, 0.05) is 27.6 Å². The second kappa shape index (κ2) is 8.69. The van der Waals surface area contributed by atoms with E-state index in [1.807, 2.05) is 0 Å². The number of nitrogens with one attached hydrogen (secondary N) is 1. The number of nitrogens with zero attached hydrogens (tertiary/aromatic N) is 1. The van der Waals surface area contributed by atoms with Crippen molar-refractivity contribution in [1.29, 1.82) is 5.41 Å². The fraction of sp³-hybridized carbons (Fsp3) is 0.238. The van der Waals surface area contributed by atoms with Crippen LogP contribution >= 0.6 is 23.2 Å². The van der Waals surface area contributed by atoms with E-state index in [0.29, 0.717) is 5.56 Å². The summed E-state index contributed by atoms with van der Waals surface area (Å²) in [5.74, 6) is 5.31. The Hall–Kier alpha value is -2.89. The van der Waals surface area contributed by atoms with E-state index in [9.17, 15) is 13.2 Å². The Morgan fingerprint density at radius 2 is 1.94 bits per heavy atom. The van der Waals surface area contributed by atoms with Gasteiger partial charge < -0.3 is 15.3 Å². The molecule has 2 aromatic rings. The molecule has 3 N–H and O–H groups in total. The molecule has 2 aromatic carbocycles. The number of amidine groups is 1. The zero-order chi connectivity index (χ0) is 22.8. The van der Waals surface area contributed by atoms with Crippen LogP contribution in [0.25, 0.3) is 0 Å². The summed E-state index contributed by atoms with van der Waals surface area (Å²) in [7, 11) is 0. The van der Waals surface area contributed by atoms with Crippen LogP contribution in [0.4, 0.5) is 13.2 Å². The van der Waals surface area contributed by atoms with Gasteiger partial charge in [-0.3, -0.25) is 5.41 Å². The summed E-state index contributed by atoms with van der Waals surface area (Å²) < 4.78 is 47.9. The van der Waals surface area contributed by atoms with Crippen molar-refractivity contribution in [2.75, 3.05) is 6.61 Å². The third kappa shape index (κ3) is 4.58. The molecular weight excluding hydrogens is 454 g/mol. The van der Waals surface area contributed by atoms with E-state index in [0.717, 1.165) is 12.1 Å². The van der Waals surface area contributed by atoms with Crippen molar-refractivity contribution in [3.8, 4) is 17.6 Å². The SMILES string of the molecule is CC#CCOc1cc(C2=NOC(c3cc(Cl)cc(Cl)c3)(C(F)(F)F)C2)ccc1C(=N)N. The van der Waals surface area contributed by atoms with Gasteiger partial charge in [0.25, 0.3) is 5.60 Å². The molecule has 0 aliphatic carbocycles. The van der Waals surface area contributed by atoms with E-state index in [-0.39, 0.29) is 45.1 Å². The van der Waals surface area contributed by atoms with Crippen LogP contribution in [0.15, 0.2) is 41.6 Å². The maximum absolute atomic E-state index is 14.1. The standard InChI is InChI=1S/C21H16Cl2F3N3O2/c1-2-3-6-30-18-7-12(4-5-16(18)19(27)28)17-11-20(31-29-17,21(24,25)26)13-8-14(22)10-15(23)9-13/h4-5,7-10H,6,11H2,1H3,(H3,27,28). The van der Waals surface area contributed by atoms with E-state index in [2.05, 4.69) is 17.0 Å². The molecule has 0 bridgehead atoms. The van der Waals surface area contributed by atoms with Gasteiger partial charge in [0.1, 0.15) is 18.2 Å². The van der Waals surface area contributed by atoms with E-state index in [4.69, 9.17) is 43.9 Å². The summed E-state index contributed by atoms with van der Waals surface area (Å²) in [6.07, 6.45) is -5.41. The number of nitrogen functional groups attached to an aromatic ring is 1. The number of hydrogen-bond donors (Lipinski definition) is 2. The molecule has 3 rings (SSSR count). The van der Waals surface area contributed by atoms with E-state index >= 15 is 0 Å². The molecule has 0 radical (unpaired) electrons. The lowest BCUT2D eigenvalue weighted by molar-refractivity contribution is -0.275. The van der Waals surface area contributed by atoms with Crippen molar-refractivity contribution in [2.24, 2.45) is 10.9 Å². The molecule has 1 aliphatic rings. The Labute approximate surface area is 186 Å². The van der Waals surface area contributed by atoms with Gasteiger partial charge in [-0.15, -0.1) is 5.92 Å². The molecule has 1 heterocycles. The van der Waals surface area contributed by atoms with Gasteiger partial charge in [-0.05, 0) is 37.3 Å². The third-order valence-corrected chi connectivity index (χ3v) is 5.03. The fourth-order valence-electron chi connectivity index (χ4n) is 3.08. The second-order valence-corrected chi connectivity index (χ2v) is 7.50. The first-order valence-electron chi connectivity index (χ1n) is 8.87. The summed E-state index contributed by atoms with van der Waals surface area (Å²) in [5.41, 5.74) is 3.20. The quantitative estimate of drug-likeness (QED) is 0.355. The fourth-order valence-corrected chi connectivity index (χ4v) is 3.60. The highest BCUT2D eigenvalue weighted by atomic mass is 35.5. The monoisotopic (exact) mass is 469 g/mol. The van der Waals surface area contributed by atoms with Crippen LogP contribution in [0.1, 0.15) is 30.0 Å². The molecule has 0 fully saturated rings. The topological polar surface area (TPSA) is 80.7 Å². The first-order valence-corrected chi connectivity index (χ1v) is 9.62. The van der Waals surface area contributed by atoms with Crippen molar-refractivity contribution >= 4 is 34.7 Å². The minimum absolute atomic E-state index is 0.0245. The summed E-state index contributed by atoms with van der Waals surface area (Å²) in [5, 5.41) is 11.5. The Morgan fingerprint density at radius 3 is 2.52 bits per heavy atom. The molecule has 31 heavy (non-hydrogen) atoms. The van der Waals surface area contributed by atoms with E-state index in [1.54, 1.807) is 6.92 Å². The Balaban J connectivity index is 2.00. The number of rotatable bonds is 5. The molecule has 162 valence electrons. The van der Waals surface area contributed by atoms with Gasteiger partial charge in [-0.1, -0.05) is 40.3 Å². The first-order chi connectivity index (χ1) is 14.6. The van der Waals surface area contributed by atoms with Crippen LogP contribution in [0, 0.1) is 17.3 Å². The molecule has 1 unspecified atom stereocenters. The average molecular weight is 470 g/mol. The first kappa shape index (κ1) is 22.8. The average Bonchev–Trinajstić information content (AvgIpc) is 3.14. The molecule has 1 atom stereocenters. The number of oxime groups is 1. The van der Waals surface area contributed by atoms with Gasteiger partial charge in [0.15, 0.2) is 0 Å². The van der Waals surface area contributed by atoms with Crippen molar-refractivity contribution in [2.45, 2.75) is 25.1 Å². The zero-order valence-corrected chi connectivity index (χ0v) is 17.6. The Morgan fingerprint density at radius 1 is 1.26 bits per heavy atom. The van der Waals surface area contributed by atoms with Gasteiger partial charge in [0.05, 0.1) is 11.3 Å². The van der Waals surface area contributed by atoms with Gasteiger partial charge in [0.2, 0.25) is 0 Å². The highest BCUT2D eigenvalue weighted by Crippen LogP contribution is 2.49. The van der Waals surface area contributed by atoms with Crippen molar-refractivity contribution < 1.29 is 22.7 Å². The predicted molar refractivity (Wildman–Crippen MR) is 113 cm³/mol. The van der Waals surface area contributed by atoms with Crippen molar-refractivity contribution in [3.63, 3.8) is 0 Å².